The first kappa shape index (κ1) is 11.2. The van der Waals surface area contributed by atoms with E-state index >= 15 is 0 Å². The highest BCUT2D eigenvalue weighted by Crippen LogP contribution is 2.27. The van der Waals surface area contributed by atoms with Gasteiger partial charge in [-0.15, -0.1) is 0 Å². The molecule has 0 aromatic heterocycles. The molecule has 0 amide bonds. The van der Waals surface area contributed by atoms with Crippen molar-refractivity contribution in [2.24, 2.45) is 0 Å². The van der Waals surface area contributed by atoms with Crippen LogP contribution in [0.15, 0.2) is 54.6 Å². The number of benzene rings is 2. The largest absolute Gasteiger partial charge is 0.322 e. The van der Waals surface area contributed by atoms with E-state index in [9.17, 15) is 4.57 Å². The summed E-state index contributed by atoms with van der Waals surface area (Å²) in [5.74, 6) is 0. The topological polar surface area (TPSA) is 17.1 Å². The van der Waals surface area contributed by atoms with Crippen molar-refractivity contribution in [3.63, 3.8) is 0 Å². The van der Waals surface area contributed by atoms with E-state index < -0.39 is 7.80 Å². The van der Waals surface area contributed by atoms with Crippen molar-refractivity contribution in [2.45, 2.75) is 13.1 Å². The monoisotopic (exact) mass is 230 g/mol. The maximum atomic E-state index is 12.2. The highest BCUT2D eigenvalue weighted by molar-refractivity contribution is 7.52. The minimum Gasteiger partial charge on any atom is -0.322 e. The van der Waals surface area contributed by atoms with Crippen LogP contribution in [0, 0.1) is 6.92 Å². The van der Waals surface area contributed by atoms with Gasteiger partial charge in [-0.1, -0.05) is 54.6 Å². The fraction of sp³-hybridized carbons (Fsp3) is 0.143. The standard InChI is InChI=1S/C14H15OP/c1-12-7-5-6-8-13(12)11-16(15)14-9-3-2-4-10-14/h2-10,16H,11H2,1H3. The van der Waals surface area contributed by atoms with Gasteiger partial charge >= 0.3 is 0 Å². The van der Waals surface area contributed by atoms with Crippen LogP contribution < -0.4 is 5.30 Å². The van der Waals surface area contributed by atoms with E-state index in [1.165, 1.54) is 11.1 Å². The van der Waals surface area contributed by atoms with Gasteiger partial charge in [0.15, 0.2) is 0 Å². The first-order valence-corrected chi connectivity index (χ1v) is 7.01. The first-order chi connectivity index (χ1) is 7.77. The number of hydrogen-bond acceptors (Lipinski definition) is 1. The number of hydrogen-bond donors (Lipinski definition) is 0. The third-order valence-corrected chi connectivity index (χ3v) is 4.39. The maximum absolute atomic E-state index is 12.2. The van der Waals surface area contributed by atoms with Crippen molar-refractivity contribution in [1.82, 2.24) is 0 Å². The van der Waals surface area contributed by atoms with Crippen LogP contribution in [0.4, 0.5) is 0 Å². The zero-order valence-electron chi connectivity index (χ0n) is 9.31. The average molecular weight is 230 g/mol. The Morgan fingerprint density at radius 2 is 1.56 bits per heavy atom. The van der Waals surface area contributed by atoms with Gasteiger partial charge in [-0.05, 0) is 18.1 Å². The molecular weight excluding hydrogens is 215 g/mol. The lowest BCUT2D eigenvalue weighted by atomic mass is 10.1. The summed E-state index contributed by atoms with van der Waals surface area (Å²) in [6, 6.07) is 17.9. The molecule has 0 spiro atoms. The van der Waals surface area contributed by atoms with Crippen LogP contribution in [-0.4, -0.2) is 0 Å². The van der Waals surface area contributed by atoms with Crippen molar-refractivity contribution < 1.29 is 4.57 Å². The lowest BCUT2D eigenvalue weighted by molar-refractivity contribution is 0.592. The first-order valence-electron chi connectivity index (χ1n) is 5.40. The van der Waals surface area contributed by atoms with Gasteiger partial charge in [0.2, 0.25) is 0 Å². The molecule has 2 rings (SSSR count). The van der Waals surface area contributed by atoms with Gasteiger partial charge in [-0.2, -0.15) is 0 Å². The lowest BCUT2D eigenvalue weighted by Crippen LogP contribution is -1.97. The Morgan fingerprint density at radius 1 is 0.938 bits per heavy atom. The second kappa shape index (κ2) is 5.14. The van der Waals surface area contributed by atoms with E-state index in [4.69, 9.17) is 0 Å². The summed E-state index contributed by atoms with van der Waals surface area (Å²) in [6.07, 6.45) is 0.668. The van der Waals surface area contributed by atoms with Crippen LogP contribution >= 0.6 is 7.80 Å². The van der Waals surface area contributed by atoms with Crippen LogP contribution in [0.2, 0.25) is 0 Å². The average Bonchev–Trinajstić information content (AvgIpc) is 2.33. The molecule has 0 saturated carbocycles. The second-order valence-electron chi connectivity index (χ2n) is 3.89. The normalized spacial score (nSPS) is 12.3. The molecule has 0 aliphatic heterocycles. The molecule has 0 bridgehead atoms. The van der Waals surface area contributed by atoms with E-state index in [-0.39, 0.29) is 0 Å². The predicted molar refractivity (Wildman–Crippen MR) is 70.0 cm³/mol. The molecular formula is C14H15OP. The molecule has 2 aromatic rings. The Balaban J connectivity index is 2.18. The molecule has 82 valence electrons. The smallest absolute Gasteiger partial charge is 0.108 e. The summed E-state index contributed by atoms with van der Waals surface area (Å²) in [4.78, 5) is 0. The van der Waals surface area contributed by atoms with Crippen LogP contribution in [0.25, 0.3) is 0 Å². The van der Waals surface area contributed by atoms with Gasteiger partial charge in [0.1, 0.15) is 7.80 Å². The molecule has 1 nitrogen and oxygen atoms in total. The summed E-state index contributed by atoms with van der Waals surface area (Å²) in [5, 5.41) is 0.968. The lowest BCUT2D eigenvalue weighted by Gasteiger charge is -2.05. The summed E-state index contributed by atoms with van der Waals surface area (Å²) < 4.78 is 12.2. The molecule has 0 aliphatic carbocycles. The molecule has 1 unspecified atom stereocenters. The van der Waals surface area contributed by atoms with E-state index in [2.05, 4.69) is 19.1 Å². The summed E-state index contributed by atoms with van der Waals surface area (Å²) in [6.45, 7) is 2.06. The highest BCUT2D eigenvalue weighted by Gasteiger charge is 2.05. The van der Waals surface area contributed by atoms with Crippen LogP contribution in [-0.2, 0) is 10.7 Å². The van der Waals surface area contributed by atoms with Crippen LogP contribution in [0.3, 0.4) is 0 Å². The Kier molecular flexibility index (Phi) is 3.58. The van der Waals surface area contributed by atoms with E-state index in [1.807, 2.05) is 42.5 Å². The summed E-state index contributed by atoms with van der Waals surface area (Å²) in [5.41, 5.74) is 2.41. The zero-order valence-corrected chi connectivity index (χ0v) is 10.3. The molecule has 0 radical (unpaired) electrons. The molecule has 2 heteroatoms. The zero-order chi connectivity index (χ0) is 11.4. The second-order valence-corrected chi connectivity index (χ2v) is 5.67. The molecule has 0 aliphatic rings. The van der Waals surface area contributed by atoms with Gasteiger partial charge in [-0.25, -0.2) is 0 Å². The quantitative estimate of drug-likeness (QED) is 0.739. The SMILES string of the molecule is Cc1ccccc1C[PH](=O)c1ccccc1. The minimum absolute atomic E-state index is 0.668. The van der Waals surface area contributed by atoms with E-state index in [0.29, 0.717) is 6.16 Å². The van der Waals surface area contributed by atoms with E-state index in [1.54, 1.807) is 0 Å². The van der Waals surface area contributed by atoms with Gasteiger partial charge in [0, 0.05) is 11.5 Å². The van der Waals surface area contributed by atoms with Gasteiger partial charge in [0.05, 0.1) is 0 Å². The fourth-order valence-electron chi connectivity index (χ4n) is 1.71. The van der Waals surface area contributed by atoms with Crippen LogP contribution in [0.1, 0.15) is 11.1 Å². The van der Waals surface area contributed by atoms with Crippen molar-refractivity contribution in [3.05, 3.63) is 65.7 Å². The van der Waals surface area contributed by atoms with Gasteiger partial charge in [0.25, 0.3) is 0 Å². The van der Waals surface area contributed by atoms with E-state index in [0.717, 1.165) is 5.30 Å². The molecule has 0 N–H and O–H groups in total. The molecule has 0 heterocycles. The summed E-state index contributed by atoms with van der Waals surface area (Å²) in [7, 11) is -1.69. The van der Waals surface area contributed by atoms with Crippen molar-refractivity contribution >= 4 is 13.1 Å². The third kappa shape index (κ3) is 2.62. The Hall–Kier alpha value is -1.33. The summed E-state index contributed by atoms with van der Waals surface area (Å²) >= 11 is 0. The van der Waals surface area contributed by atoms with Crippen molar-refractivity contribution in [1.29, 1.82) is 0 Å². The molecule has 0 saturated heterocycles. The molecule has 0 fully saturated rings. The van der Waals surface area contributed by atoms with Crippen LogP contribution in [0.5, 0.6) is 0 Å². The Bertz CT molecular complexity index is 491. The molecule has 2 aromatic carbocycles. The Morgan fingerprint density at radius 3 is 2.25 bits per heavy atom. The number of rotatable bonds is 3. The fourth-order valence-corrected chi connectivity index (χ4v) is 3.22. The predicted octanol–water partition coefficient (Wildman–Crippen LogP) is 3.38. The minimum atomic E-state index is -1.69. The third-order valence-electron chi connectivity index (χ3n) is 2.71. The van der Waals surface area contributed by atoms with Crippen molar-refractivity contribution in [3.8, 4) is 0 Å². The van der Waals surface area contributed by atoms with Crippen molar-refractivity contribution in [2.75, 3.05) is 0 Å². The molecule has 1 atom stereocenters. The highest BCUT2D eigenvalue weighted by atomic mass is 31.1. The Labute approximate surface area is 96.9 Å². The van der Waals surface area contributed by atoms with Gasteiger partial charge in [-0.3, -0.25) is 0 Å². The van der Waals surface area contributed by atoms with Gasteiger partial charge < -0.3 is 4.57 Å². The number of aryl methyl sites for hydroxylation is 1. The maximum Gasteiger partial charge on any atom is 0.108 e. The molecule has 16 heavy (non-hydrogen) atoms.